The summed E-state index contributed by atoms with van der Waals surface area (Å²) in [5, 5.41) is 9.27. The maximum atomic E-state index is 9.27. The van der Waals surface area contributed by atoms with Gasteiger partial charge in [0.15, 0.2) is 0 Å². The molecule has 0 bridgehead atoms. The molecule has 3 heteroatoms. The predicted molar refractivity (Wildman–Crippen MR) is 67.4 cm³/mol. The van der Waals surface area contributed by atoms with E-state index in [1.165, 1.54) is 17.7 Å². The molecule has 1 fully saturated rings. The van der Waals surface area contributed by atoms with Crippen molar-refractivity contribution in [1.29, 1.82) is 5.26 Å². The minimum atomic E-state index is -0.0570. The Labute approximate surface area is 101 Å². The first kappa shape index (κ1) is 11.5. The molecule has 0 aliphatic carbocycles. The molecule has 1 aliphatic rings. The quantitative estimate of drug-likeness (QED) is 0.749. The lowest BCUT2D eigenvalue weighted by molar-refractivity contribution is 0.294. The third-order valence-electron chi connectivity index (χ3n) is 3.06. The molecule has 0 aromatic heterocycles. The summed E-state index contributed by atoms with van der Waals surface area (Å²) in [6.45, 7) is 2.12. The number of likely N-dealkylation sites (tertiary alicyclic amines) is 1. The van der Waals surface area contributed by atoms with Crippen molar-refractivity contribution >= 4 is 11.8 Å². The number of hydrogen-bond donors (Lipinski definition) is 0. The van der Waals surface area contributed by atoms with Crippen LogP contribution in [-0.4, -0.2) is 24.2 Å². The van der Waals surface area contributed by atoms with Gasteiger partial charge in [-0.15, -0.1) is 11.8 Å². The molecule has 1 unspecified atom stereocenters. The summed E-state index contributed by atoms with van der Waals surface area (Å²) in [5.41, 5.74) is 1.13. The molecule has 1 atom stereocenters. The van der Waals surface area contributed by atoms with Crippen LogP contribution in [0.4, 0.5) is 0 Å². The Balaban J connectivity index is 2.16. The van der Waals surface area contributed by atoms with Crippen molar-refractivity contribution in [1.82, 2.24) is 4.90 Å². The van der Waals surface area contributed by atoms with E-state index in [-0.39, 0.29) is 6.04 Å². The third kappa shape index (κ3) is 2.40. The normalized spacial score (nSPS) is 18.2. The average molecular weight is 232 g/mol. The van der Waals surface area contributed by atoms with Gasteiger partial charge in [-0.05, 0) is 49.9 Å². The van der Waals surface area contributed by atoms with E-state index < -0.39 is 0 Å². The molecule has 0 radical (unpaired) electrons. The van der Waals surface area contributed by atoms with E-state index >= 15 is 0 Å². The molecule has 84 valence electrons. The van der Waals surface area contributed by atoms with E-state index in [1.807, 2.05) is 0 Å². The maximum Gasteiger partial charge on any atom is 0.123 e. The zero-order valence-corrected chi connectivity index (χ0v) is 10.3. The minimum absolute atomic E-state index is 0.0570. The topological polar surface area (TPSA) is 27.0 Å². The molecule has 0 N–H and O–H groups in total. The van der Waals surface area contributed by atoms with Gasteiger partial charge in [-0.25, -0.2) is 0 Å². The van der Waals surface area contributed by atoms with Crippen molar-refractivity contribution in [3.63, 3.8) is 0 Å². The second-order valence-corrected chi connectivity index (χ2v) is 4.93. The van der Waals surface area contributed by atoms with E-state index in [2.05, 4.69) is 41.5 Å². The summed E-state index contributed by atoms with van der Waals surface area (Å²) in [4.78, 5) is 3.52. The molecule has 2 nitrogen and oxygen atoms in total. The van der Waals surface area contributed by atoms with Crippen molar-refractivity contribution in [3.05, 3.63) is 29.8 Å². The molecule has 16 heavy (non-hydrogen) atoms. The Hall–Kier alpha value is -0.980. The van der Waals surface area contributed by atoms with E-state index in [0.29, 0.717) is 0 Å². The van der Waals surface area contributed by atoms with Crippen LogP contribution in [0.1, 0.15) is 24.4 Å². The van der Waals surface area contributed by atoms with Gasteiger partial charge in [0.25, 0.3) is 0 Å². The van der Waals surface area contributed by atoms with Gasteiger partial charge in [0.2, 0.25) is 0 Å². The number of thioether (sulfide) groups is 1. The van der Waals surface area contributed by atoms with Crippen LogP contribution in [0, 0.1) is 11.3 Å². The van der Waals surface area contributed by atoms with Gasteiger partial charge in [-0.3, -0.25) is 4.90 Å². The van der Waals surface area contributed by atoms with Crippen molar-refractivity contribution in [2.45, 2.75) is 23.8 Å². The van der Waals surface area contributed by atoms with Gasteiger partial charge in [0.1, 0.15) is 6.04 Å². The van der Waals surface area contributed by atoms with E-state index in [9.17, 15) is 5.26 Å². The van der Waals surface area contributed by atoms with Crippen molar-refractivity contribution < 1.29 is 0 Å². The summed E-state index contributed by atoms with van der Waals surface area (Å²) in [6.07, 6.45) is 4.51. The fourth-order valence-electron chi connectivity index (χ4n) is 2.15. The summed E-state index contributed by atoms with van der Waals surface area (Å²) in [6, 6.07) is 10.7. The van der Waals surface area contributed by atoms with E-state index in [1.54, 1.807) is 11.8 Å². The smallest absolute Gasteiger partial charge is 0.123 e. The Morgan fingerprint density at radius 2 is 1.88 bits per heavy atom. The fourth-order valence-corrected chi connectivity index (χ4v) is 2.56. The van der Waals surface area contributed by atoms with Gasteiger partial charge in [0, 0.05) is 4.90 Å². The van der Waals surface area contributed by atoms with Crippen LogP contribution in [0.2, 0.25) is 0 Å². The van der Waals surface area contributed by atoms with Crippen molar-refractivity contribution in [2.75, 3.05) is 19.3 Å². The lowest BCUT2D eigenvalue weighted by atomic mass is 10.1. The standard InChI is InChI=1S/C13H16N2S/c1-16-12-6-4-11(5-7-12)13(10-14)15-8-2-3-9-15/h4-7,13H,2-3,8-9H2,1H3. The average Bonchev–Trinajstić information content (AvgIpc) is 2.85. The Kier molecular flexibility index (Phi) is 3.87. The highest BCUT2D eigenvalue weighted by Gasteiger charge is 2.22. The largest absolute Gasteiger partial charge is 0.284 e. The maximum absolute atomic E-state index is 9.27. The predicted octanol–water partition coefficient (Wildman–Crippen LogP) is 3.07. The lowest BCUT2D eigenvalue weighted by Crippen LogP contribution is -2.24. The van der Waals surface area contributed by atoms with Crippen LogP contribution in [-0.2, 0) is 0 Å². The summed E-state index contributed by atoms with van der Waals surface area (Å²) >= 11 is 1.73. The molecule has 2 rings (SSSR count). The van der Waals surface area contributed by atoms with Crippen LogP contribution in [0.5, 0.6) is 0 Å². The Morgan fingerprint density at radius 3 is 2.38 bits per heavy atom. The highest BCUT2D eigenvalue weighted by molar-refractivity contribution is 7.98. The number of rotatable bonds is 3. The van der Waals surface area contributed by atoms with Crippen LogP contribution < -0.4 is 0 Å². The molecular formula is C13H16N2S. The molecule has 1 heterocycles. The minimum Gasteiger partial charge on any atom is -0.284 e. The van der Waals surface area contributed by atoms with Crippen LogP contribution >= 0.6 is 11.8 Å². The molecule has 1 aromatic rings. The van der Waals surface area contributed by atoms with Crippen molar-refractivity contribution in [3.8, 4) is 6.07 Å². The van der Waals surface area contributed by atoms with Gasteiger partial charge >= 0.3 is 0 Å². The fraction of sp³-hybridized carbons (Fsp3) is 0.462. The molecule has 0 amide bonds. The lowest BCUT2D eigenvalue weighted by Gasteiger charge is -2.21. The number of nitrogens with zero attached hydrogens (tertiary/aromatic N) is 2. The first-order valence-corrected chi connectivity index (χ1v) is 6.85. The second-order valence-electron chi connectivity index (χ2n) is 4.05. The van der Waals surface area contributed by atoms with E-state index in [4.69, 9.17) is 0 Å². The summed E-state index contributed by atoms with van der Waals surface area (Å²) < 4.78 is 0. The molecule has 1 saturated heterocycles. The zero-order valence-electron chi connectivity index (χ0n) is 9.52. The van der Waals surface area contributed by atoms with Crippen molar-refractivity contribution in [2.24, 2.45) is 0 Å². The van der Waals surface area contributed by atoms with Crippen LogP contribution in [0.25, 0.3) is 0 Å². The van der Waals surface area contributed by atoms with E-state index in [0.717, 1.165) is 18.7 Å². The SMILES string of the molecule is CSc1ccc(C(C#N)N2CCCC2)cc1. The summed E-state index contributed by atoms with van der Waals surface area (Å²) in [7, 11) is 0. The van der Waals surface area contributed by atoms with Gasteiger partial charge in [-0.1, -0.05) is 12.1 Å². The highest BCUT2D eigenvalue weighted by Crippen LogP contribution is 2.26. The third-order valence-corrected chi connectivity index (χ3v) is 3.80. The Bertz CT molecular complexity index is 374. The monoisotopic (exact) mass is 232 g/mol. The zero-order chi connectivity index (χ0) is 11.4. The molecule has 1 aromatic carbocycles. The molecule has 0 saturated carbocycles. The number of hydrogen-bond acceptors (Lipinski definition) is 3. The first-order chi connectivity index (χ1) is 7.85. The Morgan fingerprint density at radius 1 is 1.25 bits per heavy atom. The van der Waals surface area contributed by atoms with Gasteiger partial charge < -0.3 is 0 Å². The van der Waals surface area contributed by atoms with Gasteiger partial charge in [-0.2, -0.15) is 5.26 Å². The molecule has 1 aliphatic heterocycles. The number of benzene rings is 1. The second kappa shape index (κ2) is 5.38. The molecular weight excluding hydrogens is 216 g/mol. The highest BCUT2D eigenvalue weighted by atomic mass is 32.2. The molecule has 0 spiro atoms. The number of nitriles is 1. The van der Waals surface area contributed by atoms with Crippen LogP contribution in [0.15, 0.2) is 29.2 Å². The first-order valence-electron chi connectivity index (χ1n) is 5.63. The van der Waals surface area contributed by atoms with Crippen LogP contribution in [0.3, 0.4) is 0 Å². The van der Waals surface area contributed by atoms with Gasteiger partial charge in [0.05, 0.1) is 6.07 Å². The summed E-state index contributed by atoms with van der Waals surface area (Å²) in [5.74, 6) is 0.